The minimum Gasteiger partial charge on any atom is -0.455 e. The number of methoxy groups -OCH3 is 1. The number of aromatic nitrogens is 5. The Labute approximate surface area is 325 Å². The molecule has 5 heterocycles. The number of anilines is 1. The Morgan fingerprint density at radius 3 is 2.39 bits per heavy atom. The lowest BCUT2D eigenvalue weighted by molar-refractivity contribution is -0.288. The van der Waals surface area contributed by atoms with Crippen molar-refractivity contribution < 1.29 is 52.4 Å². The fourth-order valence-corrected chi connectivity index (χ4v) is 8.50. The molecular weight excluding hydrogens is 735 g/mol. The smallest absolute Gasteiger partial charge is 0.411 e. The molecule has 0 aromatic carbocycles. The van der Waals surface area contributed by atoms with Crippen molar-refractivity contribution in [2.24, 2.45) is 23.5 Å². The molecular formula is C37H55FN8O10. The van der Waals surface area contributed by atoms with Gasteiger partial charge in [0.05, 0.1) is 49.0 Å². The van der Waals surface area contributed by atoms with Crippen molar-refractivity contribution in [1.82, 2.24) is 29.9 Å². The van der Waals surface area contributed by atoms with Gasteiger partial charge in [-0.05, 0) is 47.0 Å². The van der Waals surface area contributed by atoms with E-state index in [9.17, 15) is 24.3 Å². The number of fused-ring (bicyclic) bond motifs is 1. The zero-order valence-corrected chi connectivity index (χ0v) is 33.4. The van der Waals surface area contributed by atoms with Gasteiger partial charge in [0.25, 0.3) is 5.67 Å². The Hall–Kier alpha value is -4.17. The molecule has 0 spiro atoms. The molecule has 2 aromatic rings. The number of ether oxygens (including phenoxy) is 5. The molecule has 5 rings (SSSR count). The van der Waals surface area contributed by atoms with Gasteiger partial charge < -0.3 is 40.3 Å². The van der Waals surface area contributed by atoms with Crippen LogP contribution < -0.4 is 11.5 Å². The molecule has 3 unspecified atom stereocenters. The summed E-state index contributed by atoms with van der Waals surface area (Å²) in [6, 6.07) is -1.77. The van der Waals surface area contributed by atoms with Gasteiger partial charge in [-0.1, -0.05) is 32.9 Å². The van der Waals surface area contributed by atoms with Crippen LogP contribution in [0.1, 0.15) is 74.7 Å². The molecule has 13 atom stereocenters. The predicted molar refractivity (Wildman–Crippen MR) is 196 cm³/mol. The quantitative estimate of drug-likeness (QED) is 0.256. The SMILES string of the molecule is CC[C@H]1OC(=O)[C@@](C)(F)C(=O)[C@H](C)[C@@H](O[C@@H]2OC(C)CC(N)C2O)[C@](C)(OC)C[C@@H](C)C(=O)[C@H](C)[C@H]2N(CCn3cc(-c4cncc(N)n4)nn3)C(=O)O[C@]12C. The van der Waals surface area contributed by atoms with E-state index in [1.165, 1.54) is 42.9 Å². The number of carbonyl (C=O) groups is 4. The van der Waals surface area contributed by atoms with Crippen LogP contribution in [0.5, 0.6) is 0 Å². The lowest BCUT2D eigenvalue weighted by atomic mass is 9.73. The fourth-order valence-electron chi connectivity index (χ4n) is 8.50. The molecule has 19 heteroatoms. The van der Waals surface area contributed by atoms with Gasteiger partial charge in [-0.2, -0.15) is 0 Å². The average Bonchev–Trinajstić information content (AvgIpc) is 3.73. The summed E-state index contributed by atoms with van der Waals surface area (Å²) < 4.78 is 48.2. The van der Waals surface area contributed by atoms with E-state index in [0.717, 1.165) is 6.92 Å². The molecule has 18 nitrogen and oxygen atoms in total. The zero-order chi connectivity index (χ0) is 41.5. The van der Waals surface area contributed by atoms with Gasteiger partial charge in [-0.15, -0.1) is 5.10 Å². The highest BCUT2D eigenvalue weighted by atomic mass is 19.1. The largest absolute Gasteiger partial charge is 0.455 e. The highest BCUT2D eigenvalue weighted by Gasteiger charge is 2.61. The van der Waals surface area contributed by atoms with Crippen LogP contribution in [0.2, 0.25) is 0 Å². The maximum atomic E-state index is 16.8. The van der Waals surface area contributed by atoms with Crippen LogP contribution >= 0.6 is 0 Å². The number of hydrogen-bond donors (Lipinski definition) is 3. The molecule has 5 N–H and O–H groups in total. The van der Waals surface area contributed by atoms with Gasteiger partial charge in [0.15, 0.2) is 17.7 Å². The molecule has 3 fully saturated rings. The van der Waals surface area contributed by atoms with Crippen LogP contribution in [0.3, 0.4) is 0 Å². The van der Waals surface area contributed by atoms with Crippen LogP contribution in [0.25, 0.3) is 11.4 Å². The number of Topliss-reactive ketones (excluding diaryl/α,β-unsaturated/α-hetero) is 2. The highest BCUT2D eigenvalue weighted by molar-refractivity contribution is 6.08. The van der Waals surface area contributed by atoms with Crippen LogP contribution in [0.4, 0.5) is 15.0 Å². The Morgan fingerprint density at radius 1 is 1.05 bits per heavy atom. The van der Waals surface area contributed by atoms with Crippen molar-refractivity contribution in [1.29, 1.82) is 0 Å². The van der Waals surface area contributed by atoms with Gasteiger partial charge >= 0.3 is 12.1 Å². The van der Waals surface area contributed by atoms with Gasteiger partial charge in [0, 0.05) is 37.5 Å². The van der Waals surface area contributed by atoms with Crippen molar-refractivity contribution in [3.8, 4) is 11.4 Å². The minimum atomic E-state index is -3.22. The van der Waals surface area contributed by atoms with Crippen LogP contribution in [-0.2, 0) is 44.6 Å². The van der Waals surface area contributed by atoms with Gasteiger partial charge in [-0.25, -0.2) is 19.0 Å². The Kier molecular flexibility index (Phi) is 12.6. The maximum Gasteiger partial charge on any atom is 0.411 e. The van der Waals surface area contributed by atoms with Gasteiger partial charge in [0.1, 0.15) is 35.2 Å². The number of alkyl halides is 1. The summed E-state index contributed by atoms with van der Waals surface area (Å²) in [5.74, 6) is -5.95. The molecule has 56 heavy (non-hydrogen) atoms. The van der Waals surface area contributed by atoms with Crippen molar-refractivity contribution in [3.05, 3.63) is 18.6 Å². The lowest BCUT2D eigenvalue weighted by Gasteiger charge is -2.46. The predicted octanol–water partition coefficient (Wildman–Crippen LogP) is 2.01. The molecule has 310 valence electrons. The Bertz CT molecular complexity index is 1780. The van der Waals surface area contributed by atoms with E-state index in [2.05, 4.69) is 20.3 Å². The summed E-state index contributed by atoms with van der Waals surface area (Å²) >= 11 is 0. The number of amides is 1. The van der Waals surface area contributed by atoms with Crippen molar-refractivity contribution in [2.45, 2.75) is 141 Å². The zero-order valence-electron chi connectivity index (χ0n) is 33.4. The molecule has 0 radical (unpaired) electrons. The molecule has 3 saturated heterocycles. The van der Waals surface area contributed by atoms with E-state index in [1.807, 2.05) is 0 Å². The van der Waals surface area contributed by atoms with Crippen LogP contribution in [0.15, 0.2) is 18.6 Å². The molecule has 2 aromatic heterocycles. The van der Waals surface area contributed by atoms with Gasteiger partial charge in [0.2, 0.25) is 0 Å². The number of halogens is 1. The first-order valence-corrected chi connectivity index (χ1v) is 18.9. The minimum absolute atomic E-state index is 0.0202. The lowest BCUT2D eigenvalue weighted by Crippen LogP contribution is -2.61. The van der Waals surface area contributed by atoms with E-state index in [0.29, 0.717) is 17.8 Å². The topological polar surface area (TPSA) is 246 Å². The Balaban J connectivity index is 1.53. The molecule has 3 aliphatic heterocycles. The first-order chi connectivity index (χ1) is 26.2. The second-order valence-corrected chi connectivity index (χ2v) is 15.9. The number of hydrogen-bond acceptors (Lipinski definition) is 16. The third-order valence-corrected chi connectivity index (χ3v) is 11.6. The number of nitrogens with two attached hydrogens (primary N) is 2. The van der Waals surface area contributed by atoms with E-state index in [1.54, 1.807) is 40.8 Å². The molecule has 0 bridgehead atoms. The number of aliphatic hydroxyl groups is 1. The first kappa shape index (κ1) is 43.0. The van der Waals surface area contributed by atoms with Crippen molar-refractivity contribution in [3.63, 3.8) is 0 Å². The van der Waals surface area contributed by atoms with Crippen molar-refractivity contribution in [2.75, 3.05) is 19.4 Å². The van der Waals surface area contributed by atoms with Crippen LogP contribution in [0, 0.1) is 17.8 Å². The summed E-state index contributed by atoms with van der Waals surface area (Å²) in [5.41, 5.74) is 6.33. The number of ketones is 2. The second-order valence-electron chi connectivity index (χ2n) is 15.9. The third kappa shape index (κ3) is 8.14. The number of cyclic esters (lactones) is 1. The third-order valence-electron chi connectivity index (χ3n) is 11.6. The number of carbonyl (C=O) groups excluding carboxylic acids is 4. The summed E-state index contributed by atoms with van der Waals surface area (Å²) in [6.07, 6.45) is -1.75. The number of nitrogens with zero attached hydrogens (tertiary/aromatic N) is 6. The van der Waals surface area contributed by atoms with E-state index >= 15 is 4.39 Å². The molecule has 0 aliphatic carbocycles. The van der Waals surface area contributed by atoms with Gasteiger partial charge in [-0.3, -0.25) is 24.2 Å². The number of nitrogen functional groups attached to an aromatic ring is 1. The van der Waals surface area contributed by atoms with E-state index in [-0.39, 0.29) is 37.5 Å². The molecule has 1 amide bonds. The fraction of sp³-hybridized carbons (Fsp3) is 0.730. The van der Waals surface area contributed by atoms with Crippen molar-refractivity contribution >= 4 is 29.4 Å². The number of aliphatic hydroxyl groups excluding tert-OH is 1. The monoisotopic (exact) mass is 790 g/mol. The Morgan fingerprint density at radius 2 is 1.75 bits per heavy atom. The summed E-state index contributed by atoms with van der Waals surface area (Å²) in [7, 11) is 1.36. The first-order valence-electron chi connectivity index (χ1n) is 18.9. The highest BCUT2D eigenvalue weighted by Crippen LogP contribution is 2.43. The number of rotatable bonds is 8. The molecule has 0 saturated carbocycles. The average molecular weight is 791 g/mol. The second kappa shape index (κ2) is 16.4. The standard InChI is InChI=1S/C37H55FN8O10/c1-10-25-37(8)29(46(34(51)56-37)12-11-45-17-24(43-44-45)23-15-41-16-26(40)42-23)20(4)27(47)18(2)14-35(6,52-9)31(21(5)30(49)36(7,38)33(50)54-25)55-32-28(48)22(39)13-19(3)53-32/h15-22,25,28-29,31-32,48H,10-14,39H2,1-9H3,(H2,40,42)/t18-,19?,20+,21+,22?,25-,28?,29-,31-,32+,35-,36+,37-/m1/s1. The molecule has 3 aliphatic rings. The number of esters is 1. The van der Waals surface area contributed by atoms with Crippen LogP contribution in [-0.4, -0.2) is 132 Å². The van der Waals surface area contributed by atoms with E-state index in [4.69, 9.17) is 35.2 Å². The normalized spacial score (nSPS) is 38.8. The maximum absolute atomic E-state index is 16.8. The van der Waals surface area contributed by atoms with E-state index < -0.39 is 95.3 Å². The summed E-state index contributed by atoms with van der Waals surface area (Å²) in [6.45, 7) is 12.1. The summed E-state index contributed by atoms with van der Waals surface area (Å²) in [4.78, 5) is 65.9. The summed E-state index contributed by atoms with van der Waals surface area (Å²) in [5, 5.41) is 19.2.